The second-order valence-electron chi connectivity index (χ2n) is 4.35. The highest BCUT2D eigenvalue weighted by molar-refractivity contribution is 7.09. The smallest absolute Gasteiger partial charge is 0.314 e. The molecule has 0 spiro atoms. The molecule has 0 radical (unpaired) electrons. The molecule has 0 aliphatic carbocycles. The molecule has 2 amide bonds. The maximum atomic E-state index is 13.3. The lowest BCUT2D eigenvalue weighted by Gasteiger charge is -2.07. The maximum absolute atomic E-state index is 13.3. The van der Waals surface area contributed by atoms with Gasteiger partial charge in [-0.2, -0.15) is 0 Å². The Morgan fingerprint density at radius 2 is 1.80 bits per heavy atom. The van der Waals surface area contributed by atoms with Crippen LogP contribution in [0.2, 0.25) is 0 Å². The Morgan fingerprint density at radius 3 is 2.50 bits per heavy atom. The summed E-state index contributed by atoms with van der Waals surface area (Å²) < 4.78 is 13.3. The van der Waals surface area contributed by atoms with Gasteiger partial charge in [-0.05, 0) is 35.9 Å². The zero-order chi connectivity index (χ0) is 14.2. The van der Waals surface area contributed by atoms with Crippen LogP contribution in [0.25, 0.3) is 0 Å². The van der Waals surface area contributed by atoms with Crippen molar-refractivity contribution >= 4 is 17.4 Å². The summed E-state index contributed by atoms with van der Waals surface area (Å²) in [4.78, 5) is 12.8. The summed E-state index contributed by atoms with van der Waals surface area (Å²) in [6.45, 7) is 1.03. The largest absolute Gasteiger partial charge is 0.338 e. The second-order valence-corrected chi connectivity index (χ2v) is 5.39. The Labute approximate surface area is 121 Å². The van der Waals surface area contributed by atoms with E-state index >= 15 is 0 Å². The first-order valence-corrected chi connectivity index (χ1v) is 7.41. The van der Waals surface area contributed by atoms with Crippen LogP contribution in [0.5, 0.6) is 0 Å². The summed E-state index contributed by atoms with van der Waals surface area (Å²) >= 11 is 1.68. The van der Waals surface area contributed by atoms with Gasteiger partial charge in [0.15, 0.2) is 0 Å². The number of thiophene rings is 1. The minimum Gasteiger partial charge on any atom is -0.338 e. The number of hydrogen-bond donors (Lipinski definition) is 2. The lowest BCUT2D eigenvalue weighted by molar-refractivity contribution is 0.241. The van der Waals surface area contributed by atoms with E-state index in [0.717, 1.165) is 6.42 Å². The van der Waals surface area contributed by atoms with Crippen molar-refractivity contribution in [2.45, 2.75) is 12.8 Å². The van der Waals surface area contributed by atoms with Gasteiger partial charge in [0.1, 0.15) is 5.82 Å². The predicted molar refractivity (Wildman–Crippen MR) is 79.5 cm³/mol. The Bertz CT molecular complexity index is 543. The average Bonchev–Trinajstić information content (AvgIpc) is 2.94. The van der Waals surface area contributed by atoms with E-state index in [1.807, 2.05) is 17.5 Å². The van der Waals surface area contributed by atoms with Crippen LogP contribution in [0.1, 0.15) is 10.4 Å². The molecule has 0 atom stereocenters. The molecule has 0 bridgehead atoms. The fourth-order valence-electron chi connectivity index (χ4n) is 1.83. The van der Waals surface area contributed by atoms with Crippen molar-refractivity contribution in [2.24, 2.45) is 0 Å². The molecule has 0 saturated heterocycles. The molecule has 0 aliphatic rings. The molecule has 20 heavy (non-hydrogen) atoms. The lowest BCUT2D eigenvalue weighted by atomic mass is 10.1. The fourth-order valence-corrected chi connectivity index (χ4v) is 2.54. The Morgan fingerprint density at radius 1 is 1.05 bits per heavy atom. The first kappa shape index (κ1) is 14.5. The van der Waals surface area contributed by atoms with Gasteiger partial charge in [-0.1, -0.05) is 24.3 Å². The van der Waals surface area contributed by atoms with Gasteiger partial charge in [0.25, 0.3) is 0 Å². The summed E-state index contributed by atoms with van der Waals surface area (Å²) in [5, 5.41) is 7.53. The zero-order valence-corrected chi connectivity index (χ0v) is 11.9. The molecule has 1 aromatic carbocycles. The third kappa shape index (κ3) is 4.66. The Balaban J connectivity index is 1.62. The van der Waals surface area contributed by atoms with Crippen LogP contribution < -0.4 is 10.6 Å². The van der Waals surface area contributed by atoms with Gasteiger partial charge in [0.05, 0.1) is 0 Å². The first-order chi connectivity index (χ1) is 9.75. The Hall–Kier alpha value is -1.88. The minimum atomic E-state index is -0.229. The molecule has 3 nitrogen and oxygen atoms in total. The molecule has 5 heteroatoms. The van der Waals surface area contributed by atoms with Gasteiger partial charge in [-0.25, -0.2) is 9.18 Å². The predicted octanol–water partition coefficient (Wildman–Crippen LogP) is 2.97. The summed E-state index contributed by atoms with van der Waals surface area (Å²) in [6.07, 6.45) is 1.32. The number of benzene rings is 1. The van der Waals surface area contributed by atoms with Gasteiger partial charge in [0, 0.05) is 18.0 Å². The molecule has 0 aliphatic heterocycles. The topological polar surface area (TPSA) is 41.1 Å². The molecular weight excluding hydrogens is 275 g/mol. The van der Waals surface area contributed by atoms with Crippen molar-refractivity contribution < 1.29 is 9.18 Å². The highest BCUT2D eigenvalue weighted by Crippen LogP contribution is 2.08. The number of carbonyl (C=O) groups excluding carboxylic acids is 1. The monoisotopic (exact) mass is 292 g/mol. The molecule has 2 N–H and O–H groups in total. The summed E-state index contributed by atoms with van der Waals surface area (Å²) in [6, 6.07) is 10.4. The van der Waals surface area contributed by atoms with E-state index in [4.69, 9.17) is 0 Å². The van der Waals surface area contributed by atoms with Crippen molar-refractivity contribution in [1.82, 2.24) is 10.6 Å². The molecular formula is C15H17FN2OS. The number of hydrogen-bond acceptors (Lipinski definition) is 2. The van der Waals surface area contributed by atoms with Crippen LogP contribution in [0.3, 0.4) is 0 Å². The van der Waals surface area contributed by atoms with E-state index in [1.54, 1.807) is 29.5 Å². The standard InChI is InChI=1S/C15H17FN2OS/c16-14-6-2-1-4-12(14)7-9-17-15(19)18-10-8-13-5-3-11-20-13/h1-6,11H,7-10H2,(H2,17,18,19). The second kappa shape index (κ2) is 7.65. The molecule has 0 unspecified atom stereocenters. The molecule has 0 saturated carbocycles. The average molecular weight is 292 g/mol. The lowest BCUT2D eigenvalue weighted by Crippen LogP contribution is -2.37. The van der Waals surface area contributed by atoms with Gasteiger partial charge >= 0.3 is 6.03 Å². The van der Waals surface area contributed by atoms with E-state index in [9.17, 15) is 9.18 Å². The zero-order valence-electron chi connectivity index (χ0n) is 11.1. The first-order valence-electron chi connectivity index (χ1n) is 6.53. The number of carbonyl (C=O) groups is 1. The number of rotatable bonds is 6. The van der Waals surface area contributed by atoms with E-state index in [1.165, 1.54) is 10.9 Å². The van der Waals surface area contributed by atoms with Crippen LogP contribution >= 0.6 is 11.3 Å². The van der Waals surface area contributed by atoms with Gasteiger partial charge in [-0.15, -0.1) is 11.3 Å². The third-order valence-corrected chi connectivity index (χ3v) is 3.81. The summed E-state index contributed by atoms with van der Waals surface area (Å²) in [7, 11) is 0. The van der Waals surface area contributed by atoms with Gasteiger partial charge in [0.2, 0.25) is 0 Å². The van der Waals surface area contributed by atoms with E-state index in [2.05, 4.69) is 10.6 Å². The highest BCUT2D eigenvalue weighted by Gasteiger charge is 2.03. The van der Waals surface area contributed by atoms with Crippen LogP contribution in [-0.4, -0.2) is 19.1 Å². The van der Waals surface area contributed by atoms with Crippen LogP contribution in [0, 0.1) is 5.82 Å². The molecule has 1 aromatic heterocycles. The fraction of sp³-hybridized carbons (Fsp3) is 0.267. The van der Waals surface area contributed by atoms with E-state index < -0.39 is 0 Å². The normalized spacial score (nSPS) is 10.2. The highest BCUT2D eigenvalue weighted by atomic mass is 32.1. The van der Waals surface area contributed by atoms with Crippen molar-refractivity contribution in [3.63, 3.8) is 0 Å². The van der Waals surface area contributed by atoms with Crippen LogP contribution in [0.15, 0.2) is 41.8 Å². The van der Waals surface area contributed by atoms with Crippen LogP contribution in [-0.2, 0) is 12.8 Å². The van der Waals surface area contributed by atoms with E-state index in [0.29, 0.717) is 25.1 Å². The summed E-state index contributed by atoms with van der Waals surface area (Å²) in [5.74, 6) is -0.229. The number of nitrogens with one attached hydrogen (secondary N) is 2. The number of halogens is 1. The van der Waals surface area contributed by atoms with Crippen molar-refractivity contribution in [3.05, 3.63) is 58.0 Å². The number of urea groups is 1. The van der Waals surface area contributed by atoms with Gasteiger partial charge < -0.3 is 10.6 Å². The molecule has 2 rings (SSSR count). The Kier molecular flexibility index (Phi) is 5.55. The van der Waals surface area contributed by atoms with Crippen molar-refractivity contribution in [2.75, 3.05) is 13.1 Å². The SMILES string of the molecule is O=C(NCCc1cccs1)NCCc1ccccc1F. The van der Waals surface area contributed by atoms with Crippen LogP contribution in [0.4, 0.5) is 9.18 Å². The molecule has 106 valence electrons. The molecule has 2 aromatic rings. The van der Waals surface area contributed by atoms with Crippen molar-refractivity contribution in [3.8, 4) is 0 Å². The third-order valence-electron chi connectivity index (χ3n) is 2.87. The maximum Gasteiger partial charge on any atom is 0.314 e. The molecule has 1 heterocycles. The minimum absolute atomic E-state index is 0.210. The van der Waals surface area contributed by atoms with Gasteiger partial charge in [-0.3, -0.25) is 0 Å². The van der Waals surface area contributed by atoms with E-state index in [-0.39, 0.29) is 11.8 Å². The number of amides is 2. The molecule has 0 fully saturated rings. The van der Waals surface area contributed by atoms with Crippen molar-refractivity contribution in [1.29, 1.82) is 0 Å². The quantitative estimate of drug-likeness (QED) is 0.844. The summed E-state index contributed by atoms with van der Waals surface area (Å²) in [5.41, 5.74) is 0.617.